The highest BCUT2D eigenvalue weighted by molar-refractivity contribution is 7.89. The zero-order valence-corrected chi connectivity index (χ0v) is 19.6. The molecule has 1 amide bonds. The molecule has 0 aliphatic rings. The predicted octanol–water partition coefficient (Wildman–Crippen LogP) is 4.42. The molecule has 1 N–H and O–H groups in total. The zero-order valence-electron chi connectivity index (χ0n) is 18.8. The van der Waals surface area contributed by atoms with E-state index in [0.717, 1.165) is 29.5 Å². The van der Waals surface area contributed by atoms with Crippen molar-refractivity contribution in [3.8, 4) is 11.5 Å². The molecule has 0 aliphatic heterocycles. The maximum Gasteiger partial charge on any atom is 0.322 e. The van der Waals surface area contributed by atoms with Crippen LogP contribution in [0.15, 0.2) is 51.8 Å². The van der Waals surface area contributed by atoms with Crippen LogP contribution < -0.4 is 5.32 Å². The fourth-order valence-corrected chi connectivity index (χ4v) is 4.72. The summed E-state index contributed by atoms with van der Waals surface area (Å²) < 4.78 is 32.7. The SMILES string of the molecule is CCCCN(CC)S(=O)(=O)c1ccc(C(=O)Nc2nnc(-c3cc(C)ccc3C)o2)cc1. The minimum Gasteiger partial charge on any atom is -0.403 e. The number of sulfonamides is 1. The molecular formula is C23H28N4O4S. The van der Waals surface area contributed by atoms with Crippen LogP contribution in [0.3, 0.4) is 0 Å². The van der Waals surface area contributed by atoms with Gasteiger partial charge >= 0.3 is 6.01 Å². The molecule has 0 bridgehead atoms. The van der Waals surface area contributed by atoms with Crippen molar-refractivity contribution in [3.05, 3.63) is 59.2 Å². The molecule has 0 saturated heterocycles. The van der Waals surface area contributed by atoms with Crippen LogP contribution in [-0.4, -0.2) is 41.9 Å². The van der Waals surface area contributed by atoms with Crippen LogP contribution in [0.2, 0.25) is 0 Å². The highest BCUT2D eigenvalue weighted by atomic mass is 32.2. The number of unbranched alkanes of at least 4 members (excludes halogenated alkanes) is 1. The summed E-state index contributed by atoms with van der Waals surface area (Å²) in [5, 5.41) is 10.5. The number of aromatic nitrogens is 2. The summed E-state index contributed by atoms with van der Waals surface area (Å²) in [5.74, 6) is -0.155. The number of carbonyl (C=O) groups is 1. The Morgan fingerprint density at radius 2 is 1.78 bits per heavy atom. The van der Waals surface area contributed by atoms with Gasteiger partial charge in [0.1, 0.15) is 0 Å². The smallest absolute Gasteiger partial charge is 0.322 e. The van der Waals surface area contributed by atoms with Gasteiger partial charge in [0.15, 0.2) is 0 Å². The molecule has 0 aliphatic carbocycles. The summed E-state index contributed by atoms with van der Waals surface area (Å²) in [6.45, 7) is 8.60. The second-order valence-electron chi connectivity index (χ2n) is 7.56. The number of aryl methyl sites for hydroxylation is 2. The van der Waals surface area contributed by atoms with Crippen molar-refractivity contribution >= 4 is 21.9 Å². The average Bonchev–Trinajstić information content (AvgIpc) is 3.24. The van der Waals surface area contributed by atoms with Crippen LogP contribution in [-0.2, 0) is 10.0 Å². The lowest BCUT2D eigenvalue weighted by Crippen LogP contribution is -2.31. The molecule has 3 rings (SSSR count). The van der Waals surface area contributed by atoms with Gasteiger partial charge in [-0.05, 0) is 56.2 Å². The molecule has 8 nitrogen and oxygen atoms in total. The van der Waals surface area contributed by atoms with Gasteiger partial charge in [-0.1, -0.05) is 43.1 Å². The normalized spacial score (nSPS) is 11.7. The van der Waals surface area contributed by atoms with E-state index in [0.29, 0.717) is 19.0 Å². The molecular weight excluding hydrogens is 428 g/mol. The monoisotopic (exact) mass is 456 g/mol. The van der Waals surface area contributed by atoms with Crippen LogP contribution in [0.1, 0.15) is 48.2 Å². The van der Waals surface area contributed by atoms with E-state index in [1.54, 1.807) is 0 Å². The Morgan fingerprint density at radius 1 is 1.06 bits per heavy atom. The van der Waals surface area contributed by atoms with Gasteiger partial charge in [0.2, 0.25) is 15.9 Å². The zero-order chi connectivity index (χ0) is 23.3. The molecule has 170 valence electrons. The lowest BCUT2D eigenvalue weighted by Gasteiger charge is -2.20. The molecule has 0 unspecified atom stereocenters. The summed E-state index contributed by atoms with van der Waals surface area (Å²) in [5.41, 5.74) is 3.12. The van der Waals surface area contributed by atoms with Crippen LogP contribution in [0.4, 0.5) is 6.01 Å². The number of hydrogen-bond acceptors (Lipinski definition) is 6. The van der Waals surface area contributed by atoms with E-state index in [1.165, 1.54) is 28.6 Å². The van der Waals surface area contributed by atoms with Crippen LogP contribution >= 0.6 is 0 Å². The Kier molecular flexibility index (Phi) is 7.42. The Bertz CT molecular complexity index is 1190. The molecule has 2 aromatic carbocycles. The molecule has 0 radical (unpaired) electrons. The lowest BCUT2D eigenvalue weighted by molar-refractivity contribution is 0.102. The minimum absolute atomic E-state index is 0.0284. The molecule has 3 aromatic rings. The van der Waals surface area contributed by atoms with Crippen LogP contribution in [0, 0.1) is 13.8 Å². The number of hydrogen-bond donors (Lipinski definition) is 1. The average molecular weight is 457 g/mol. The first-order valence-corrected chi connectivity index (χ1v) is 12.0. The summed E-state index contributed by atoms with van der Waals surface area (Å²) in [6.07, 6.45) is 1.70. The molecule has 0 saturated carbocycles. The van der Waals surface area contributed by atoms with Crippen LogP contribution in [0.5, 0.6) is 0 Å². The Hall–Kier alpha value is -3.04. The fourth-order valence-electron chi connectivity index (χ4n) is 3.23. The standard InChI is InChI=1S/C23H28N4O4S/c1-5-7-14-27(6-2)32(29,30)19-12-10-18(11-13-19)21(28)24-23-26-25-22(31-23)20-15-16(3)8-9-17(20)4/h8-13,15H,5-7,14H2,1-4H3,(H,24,26,28). The molecule has 1 aromatic heterocycles. The molecule has 0 atom stereocenters. The third-order valence-corrected chi connectivity index (χ3v) is 7.13. The molecule has 32 heavy (non-hydrogen) atoms. The lowest BCUT2D eigenvalue weighted by atomic mass is 10.1. The van der Waals surface area contributed by atoms with Crippen molar-refractivity contribution in [2.45, 2.75) is 45.4 Å². The molecule has 0 fully saturated rings. The summed E-state index contributed by atoms with van der Waals surface area (Å²) in [4.78, 5) is 12.7. The minimum atomic E-state index is -3.60. The maximum absolute atomic E-state index is 12.8. The van der Waals surface area contributed by atoms with Gasteiger partial charge in [0.25, 0.3) is 5.91 Å². The number of anilines is 1. The van der Waals surface area contributed by atoms with E-state index in [-0.39, 0.29) is 16.5 Å². The first-order valence-electron chi connectivity index (χ1n) is 10.6. The number of rotatable bonds is 9. The van der Waals surface area contributed by atoms with E-state index in [2.05, 4.69) is 15.5 Å². The van der Waals surface area contributed by atoms with Crippen LogP contribution in [0.25, 0.3) is 11.5 Å². The summed E-state index contributed by atoms with van der Waals surface area (Å²) in [6, 6.07) is 11.7. The van der Waals surface area contributed by atoms with E-state index < -0.39 is 15.9 Å². The number of amides is 1. The quantitative estimate of drug-likeness (QED) is 0.511. The molecule has 0 spiro atoms. The first-order chi connectivity index (χ1) is 15.3. The number of nitrogens with zero attached hydrogens (tertiary/aromatic N) is 3. The van der Waals surface area contributed by atoms with E-state index >= 15 is 0 Å². The highest BCUT2D eigenvalue weighted by Gasteiger charge is 2.23. The maximum atomic E-state index is 12.8. The first kappa shape index (κ1) is 23.6. The summed E-state index contributed by atoms with van der Waals surface area (Å²) in [7, 11) is -3.60. The second kappa shape index (κ2) is 10.1. The number of nitrogens with one attached hydrogen (secondary N) is 1. The van der Waals surface area contributed by atoms with Crippen molar-refractivity contribution in [3.63, 3.8) is 0 Å². The van der Waals surface area contributed by atoms with E-state index in [9.17, 15) is 13.2 Å². The number of carbonyl (C=O) groups excluding carboxylic acids is 1. The van der Waals surface area contributed by atoms with Gasteiger partial charge in [0.05, 0.1) is 4.90 Å². The van der Waals surface area contributed by atoms with Crippen molar-refractivity contribution in [2.75, 3.05) is 18.4 Å². The number of benzene rings is 2. The topological polar surface area (TPSA) is 105 Å². The van der Waals surface area contributed by atoms with Gasteiger partial charge in [-0.15, -0.1) is 5.10 Å². The second-order valence-corrected chi connectivity index (χ2v) is 9.50. The Balaban J connectivity index is 1.73. The van der Waals surface area contributed by atoms with Crippen molar-refractivity contribution < 1.29 is 17.6 Å². The largest absolute Gasteiger partial charge is 0.403 e. The molecule has 1 heterocycles. The van der Waals surface area contributed by atoms with Crippen molar-refractivity contribution in [1.82, 2.24) is 14.5 Å². The summed E-state index contributed by atoms with van der Waals surface area (Å²) >= 11 is 0. The van der Waals surface area contributed by atoms with E-state index in [4.69, 9.17) is 4.42 Å². The molecule has 9 heteroatoms. The van der Waals surface area contributed by atoms with E-state index in [1.807, 2.05) is 45.9 Å². The van der Waals surface area contributed by atoms with Gasteiger partial charge in [-0.3, -0.25) is 10.1 Å². The Labute approximate surface area is 188 Å². The third-order valence-electron chi connectivity index (χ3n) is 5.14. The van der Waals surface area contributed by atoms with Gasteiger partial charge in [-0.25, -0.2) is 8.42 Å². The Morgan fingerprint density at radius 3 is 2.44 bits per heavy atom. The van der Waals surface area contributed by atoms with Gasteiger partial charge in [-0.2, -0.15) is 4.31 Å². The third kappa shape index (κ3) is 5.23. The highest BCUT2D eigenvalue weighted by Crippen LogP contribution is 2.25. The fraction of sp³-hybridized carbons (Fsp3) is 0.348. The predicted molar refractivity (Wildman–Crippen MR) is 123 cm³/mol. The van der Waals surface area contributed by atoms with Crippen molar-refractivity contribution in [1.29, 1.82) is 0 Å². The van der Waals surface area contributed by atoms with Gasteiger partial charge < -0.3 is 4.42 Å². The van der Waals surface area contributed by atoms with Gasteiger partial charge in [0, 0.05) is 24.2 Å². The van der Waals surface area contributed by atoms with Crippen molar-refractivity contribution in [2.24, 2.45) is 0 Å².